The van der Waals surface area contributed by atoms with E-state index in [4.69, 9.17) is 20.2 Å². The van der Waals surface area contributed by atoms with Gasteiger partial charge >= 0.3 is 0 Å². The minimum atomic E-state index is -2.56. The lowest BCUT2D eigenvalue weighted by Crippen LogP contribution is -2.54. The quantitative estimate of drug-likeness (QED) is 0.683. The van der Waals surface area contributed by atoms with Crippen LogP contribution in [-0.4, -0.2) is 30.7 Å². The van der Waals surface area contributed by atoms with Crippen LogP contribution in [0.4, 0.5) is 8.78 Å². The molecule has 1 saturated carbocycles. The molecule has 0 unspecified atom stereocenters. The van der Waals surface area contributed by atoms with Crippen LogP contribution in [0.15, 0.2) is 47.5 Å². The van der Waals surface area contributed by atoms with Crippen LogP contribution in [0.3, 0.4) is 0 Å². The molecule has 0 saturated heterocycles. The minimum Gasteiger partial charge on any atom is -0.490 e. The van der Waals surface area contributed by atoms with Gasteiger partial charge in [0.25, 0.3) is 18.4 Å². The molecule has 1 spiro atoms. The van der Waals surface area contributed by atoms with Crippen molar-refractivity contribution in [2.24, 2.45) is 16.6 Å². The smallest absolute Gasteiger partial charge is 0.283 e. The average Bonchev–Trinajstić information content (AvgIpc) is 3.21. The van der Waals surface area contributed by atoms with Crippen LogP contribution < -0.4 is 15.8 Å². The van der Waals surface area contributed by atoms with Gasteiger partial charge in [0, 0.05) is 28.7 Å². The normalized spacial score (nSPS) is 27.6. The Kier molecular flexibility index (Phi) is 5.70. The highest BCUT2D eigenvalue weighted by molar-refractivity contribution is 5.94. The van der Waals surface area contributed by atoms with Gasteiger partial charge in [0.15, 0.2) is 0 Å². The van der Waals surface area contributed by atoms with E-state index >= 15 is 0 Å². The zero-order valence-corrected chi connectivity index (χ0v) is 19.3. The Morgan fingerprint density at radius 2 is 1.88 bits per heavy atom. The summed E-state index contributed by atoms with van der Waals surface area (Å²) in [7, 11) is 0. The van der Waals surface area contributed by atoms with Gasteiger partial charge in [0.2, 0.25) is 0 Å². The summed E-state index contributed by atoms with van der Waals surface area (Å²) in [6.45, 7) is 4.63. The van der Waals surface area contributed by atoms with E-state index in [1.807, 2.05) is 6.07 Å². The summed E-state index contributed by atoms with van der Waals surface area (Å²) in [5.74, 6) is 0.861. The first-order valence-electron chi connectivity index (χ1n) is 11.7. The second kappa shape index (κ2) is 8.56. The van der Waals surface area contributed by atoms with Gasteiger partial charge in [-0.25, -0.2) is 13.8 Å². The zero-order valence-electron chi connectivity index (χ0n) is 19.3. The molecule has 0 aromatic heterocycles. The molecule has 0 bridgehead atoms. The molecule has 6 nitrogen and oxygen atoms in total. The molecule has 1 fully saturated rings. The first-order valence-corrected chi connectivity index (χ1v) is 11.7. The number of hydrogen-bond donors (Lipinski definition) is 2. The molecule has 3 N–H and O–H groups in total. The Morgan fingerprint density at radius 1 is 1.15 bits per heavy atom. The number of carbonyl (C=O) groups is 1. The van der Waals surface area contributed by atoms with Gasteiger partial charge in [0.1, 0.15) is 24.0 Å². The topological polar surface area (TPSA) is 85.9 Å². The van der Waals surface area contributed by atoms with E-state index in [1.165, 1.54) is 29.8 Å². The van der Waals surface area contributed by atoms with E-state index in [2.05, 4.69) is 31.3 Å². The van der Waals surface area contributed by atoms with Crippen molar-refractivity contribution in [3.05, 3.63) is 64.7 Å². The Bertz CT molecular complexity index is 1120. The van der Waals surface area contributed by atoms with E-state index < -0.39 is 12.0 Å². The number of rotatable bonds is 4. The van der Waals surface area contributed by atoms with Crippen molar-refractivity contribution >= 4 is 11.9 Å². The third kappa shape index (κ3) is 3.89. The molecule has 3 aliphatic rings. The van der Waals surface area contributed by atoms with Gasteiger partial charge in [-0.1, -0.05) is 32.0 Å². The number of benzene rings is 2. The lowest BCUT2D eigenvalue weighted by Gasteiger charge is -2.48. The summed E-state index contributed by atoms with van der Waals surface area (Å²) in [5, 5.41) is 3.09. The van der Waals surface area contributed by atoms with E-state index in [9.17, 15) is 13.6 Å². The van der Waals surface area contributed by atoms with Crippen LogP contribution in [0.1, 0.15) is 72.5 Å². The number of carbonyl (C=O) groups excluding carboxylic acids is 1. The Hall–Kier alpha value is -3.16. The molecule has 1 amide bonds. The maximum absolute atomic E-state index is 12.8. The second-order valence-corrected chi connectivity index (χ2v) is 9.74. The summed E-state index contributed by atoms with van der Waals surface area (Å²) in [5.41, 5.74) is 7.78. The summed E-state index contributed by atoms with van der Waals surface area (Å²) in [6.07, 6.45) is -0.471. The third-order valence-electron chi connectivity index (χ3n) is 7.33. The van der Waals surface area contributed by atoms with Crippen LogP contribution in [0.2, 0.25) is 0 Å². The highest BCUT2D eigenvalue weighted by Gasteiger charge is 2.55. The molecule has 180 valence electrons. The largest absolute Gasteiger partial charge is 0.490 e. The number of aliphatic imine (C=N–C) groups is 1. The summed E-state index contributed by atoms with van der Waals surface area (Å²) in [6, 6.07) is 11.8. The number of alkyl halides is 2. The fourth-order valence-corrected chi connectivity index (χ4v) is 5.45. The van der Waals surface area contributed by atoms with Crippen LogP contribution in [0, 0.1) is 5.92 Å². The number of nitrogens with two attached hydrogens (primary N) is 1. The molecular weight excluding hydrogens is 440 g/mol. The van der Waals surface area contributed by atoms with E-state index in [0.717, 1.165) is 24.2 Å². The molecule has 0 radical (unpaired) electrons. The lowest BCUT2D eigenvalue weighted by atomic mass is 9.67. The van der Waals surface area contributed by atoms with Crippen molar-refractivity contribution in [2.45, 2.75) is 63.1 Å². The molecule has 8 heteroatoms. The monoisotopic (exact) mass is 469 g/mol. The van der Waals surface area contributed by atoms with Crippen molar-refractivity contribution in [2.75, 3.05) is 6.61 Å². The van der Waals surface area contributed by atoms with Crippen molar-refractivity contribution in [3.63, 3.8) is 0 Å². The zero-order chi connectivity index (χ0) is 24.0. The van der Waals surface area contributed by atoms with E-state index in [-0.39, 0.29) is 35.6 Å². The predicted octanol–water partition coefficient (Wildman–Crippen LogP) is 4.65. The molecule has 2 aromatic rings. The lowest BCUT2D eigenvalue weighted by molar-refractivity contribution is -0.00194. The SMILES string of the molecule is CC(C)c1ccc2c(c1)[C@]1(COC(N)=N1)[C@@H]1C[C@H](NC(=O)c3ccc(C(F)F)cc3)CC[C@H]1O2. The maximum atomic E-state index is 12.8. The van der Waals surface area contributed by atoms with Gasteiger partial charge in [-0.15, -0.1) is 0 Å². The first kappa shape index (κ1) is 22.6. The van der Waals surface area contributed by atoms with E-state index in [0.29, 0.717) is 24.5 Å². The predicted molar refractivity (Wildman–Crippen MR) is 124 cm³/mol. The molecule has 1 aliphatic carbocycles. The number of nitrogens with one attached hydrogen (secondary N) is 1. The molecule has 5 rings (SSSR count). The van der Waals surface area contributed by atoms with Crippen LogP contribution in [0.25, 0.3) is 0 Å². The number of ether oxygens (including phenoxy) is 2. The third-order valence-corrected chi connectivity index (χ3v) is 7.33. The fraction of sp³-hybridized carbons (Fsp3) is 0.462. The van der Waals surface area contributed by atoms with Gasteiger partial charge in [-0.3, -0.25) is 4.79 Å². The summed E-state index contributed by atoms with van der Waals surface area (Å²) in [4.78, 5) is 17.6. The number of nitrogens with zero attached hydrogens (tertiary/aromatic N) is 1. The molecule has 34 heavy (non-hydrogen) atoms. The van der Waals surface area contributed by atoms with Gasteiger partial charge in [0.05, 0.1) is 0 Å². The Labute approximate surface area is 197 Å². The van der Waals surface area contributed by atoms with Crippen LogP contribution in [0.5, 0.6) is 5.75 Å². The molecule has 2 aromatic carbocycles. The first-order chi connectivity index (χ1) is 16.3. The van der Waals surface area contributed by atoms with Crippen molar-refractivity contribution in [1.29, 1.82) is 0 Å². The minimum absolute atomic E-state index is 0.0243. The number of hydrogen-bond acceptors (Lipinski definition) is 5. The standard InChI is InChI=1S/C26H29F2N3O3/c1-14(2)17-7-9-21-19(11-17)26(13-33-25(29)31-26)20-12-18(8-10-22(20)34-21)30-24(32)16-5-3-15(4-6-16)23(27)28/h3-7,9,11,14,18,20,22-23H,8,10,12-13H2,1-2H3,(H2,29,31)(H,30,32)/t18-,20-,22-,26-/m1/s1. The average molecular weight is 470 g/mol. The number of amides is 1. The maximum Gasteiger partial charge on any atom is 0.283 e. The summed E-state index contributed by atoms with van der Waals surface area (Å²) < 4.78 is 37.8. The number of fused-ring (bicyclic) bond motifs is 4. The fourth-order valence-electron chi connectivity index (χ4n) is 5.45. The Morgan fingerprint density at radius 3 is 2.53 bits per heavy atom. The van der Waals surface area contributed by atoms with Crippen LogP contribution >= 0.6 is 0 Å². The second-order valence-electron chi connectivity index (χ2n) is 9.74. The highest BCUT2D eigenvalue weighted by atomic mass is 19.3. The molecular formula is C26H29F2N3O3. The summed E-state index contributed by atoms with van der Waals surface area (Å²) >= 11 is 0. The number of halogens is 2. The van der Waals surface area contributed by atoms with Gasteiger partial charge in [-0.05, 0) is 55.0 Å². The van der Waals surface area contributed by atoms with Gasteiger partial charge in [-0.2, -0.15) is 0 Å². The van der Waals surface area contributed by atoms with Crippen molar-refractivity contribution < 1.29 is 23.0 Å². The van der Waals surface area contributed by atoms with E-state index in [1.54, 1.807) is 0 Å². The van der Waals surface area contributed by atoms with Crippen molar-refractivity contribution in [3.8, 4) is 5.75 Å². The highest BCUT2D eigenvalue weighted by Crippen LogP contribution is 2.52. The van der Waals surface area contributed by atoms with Gasteiger partial charge < -0.3 is 20.5 Å². The van der Waals surface area contributed by atoms with Crippen molar-refractivity contribution in [1.82, 2.24) is 5.32 Å². The Balaban J connectivity index is 1.40. The molecule has 4 atom stereocenters. The molecule has 2 aliphatic heterocycles. The molecule has 2 heterocycles. The number of amidine groups is 1. The van der Waals surface area contributed by atoms with Crippen LogP contribution in [-0.2, 0) is 10.3 Å².